The molecule has 94 valence electrons. The summed E-state index contributed by atoms with van der Waals surface area (Å²) < 4.78 is 10.8. The third kappa shape index (κ3) is 1.97. The molecule has 3 nitrogen and oxygen atoms in total. The number of hydrogen-bond donors (Lipinski definition) is 0. The lowest BCUT2D eigenvalue weighted by atomic mass is 9.82. The topological polar surface area (TPSA) is 35.5 Å². The molecule has 0 heterocycles. The first-order valence-electron chi connectivity index (χ1n) is 5.74. The van der Waals surface area contributed by atoms with Crippen molar-refractivity contribution in [3.63, 3.8) is 0 Å². The largest absolute Gasteiger partial charge is 0.497 e. The minimum absolute atomic E-state index is 0.00585. The fourth-order valence-electron chi connectivity index (χ4n) is 2.21. The Kier molecular flexibility index (Phi) is 3.34. The third-order valence-corrected chi connectivity index (χ3v) is 3.27. The van der Waals surface area contributed by atoms with Crippen molar-refractivity contribution >= 4 is 5.78 Å². The molecule has 18 heavy (non-hydrogen) atoms. The minimum Gasteiger partial charge on any atom is -0.497 e. The van der Waals surface area contributed by atoms with Gasteiger partial charge in [0.15, 0.2) is 5.78 Å². The summed E-state index contributed by atoms with van der Waals surface area (Å²) in [6, 6.07) is 7.65. The van der Waals surface area contributed by atoms with Crippen molar-refractivity contribution in [2.45, 2.75) is 12.5 Å². The molecule has 0 aromatic heterocycles. The van der Waals surface area contributed by atoms with Crippen LogP contribution in [0.2, 0.25) is 0 Å². The molecule has 0 saturated heterocycles. The molecular formula is C15H16O3. The Bertz CT molecular complexity index is 511. The van der Waals surface area contributed by atoms with Crippen LogP contribution in [0.5, 0.6) is 5.75 Å². The molecule has 1 aliphatic carbocycles. The third-order valence-electron chi connectivity index (χ3n) is 3.27. The zero-order valence-corrected chi connectivity index (χ0v) is 10.8. The molecule has 1 aromatic rings. The Hall–Kier alpha value is -1.87. The van der Waals surface area contributed by atoms with Crippen molar-refractivity contribution in [2.24, 2.45) is 0 Å². The number of carbonyl (C=O) groups excluding carboxylic acids is 1. The van der Waals surface area contributed by atoms with Crippen LogP contribution in [0.4, 0.5) is 0 Å². The predicted molar refractivity (Wildman–Crippen MR) is 69.6 cm³/mol. The summed E-state index contributed by atoms with van der Waals surface area (Å²) in [5.74, 6) is 0.788. The van der Waals surface area contributed by atoms with Crippen molar-refractivity contribution in [1.29, 1.82) is 0 Å². The standard InChI is InChI=1S/C15H16O3/c1-11-10-13(16)8-9-15(11,18-3)12-4-6-14(17-2)7-5-12/h4-10H,1-3H3. The fourth-order valence-corrected chi connectivity index (χ4v) is 2.21. The van der Waals surface area contributed by atoms with E-state index in [1.807, 2.05) is 31.2 Å². The number of carbonyl (C=O) groups is 1. The highest BCUT2D eigenvalue weighted by Crippen LogP contribution is 2.37. The number of hydrogen-bond acceptors (Lipinski definition) is 3. The van der Waals surface area contributed by atoms with Crippen LogP contribution in [0, 0.1) is 0 Å². The second-order valence-electron chi connectivity index (χ2n) is 4.23. The van der Waals surface area contributed by atoms with Gasteiger partial charge in [-0.15, -0.1) is 0 Å². The van der Waals surface area contributed by atoms with Crippen LogP contribution in [0.1, 0.15) is 12.5 Å². The van der Waals surface area contributed by atoms with Crippen molar-refractivity contribution in [3.8, 4) is 5.75 Å². The van der Waals surface area contributed by atoms with Crippen molar-refractivity contribution < 1.29 is 14.3 Å². The van der Waals surface area contributed by atoms with Crippen LogP contribution in [0.25, 0.3) is 0 Å². The molecule has 1 aliphatic rings. The second kappa shape index (κ2) is 4.78. The Balaban J connectivity index is 2.47. The van der Waals surface area contributed by atoms with Crippen LogP contribution in [-0.2, 0) is 15.1 Å². The van der Waals surface area contributed by atoms with Gasteiger partial charge in [0.2, 0.25) is 0 Å². The molecule has 0 amide bonds. The molecule has 0 N–H and O–H groups in total. The smallest absolute Gasteiger partial charge is 0.178 e. The number of ketones is 1. The van der Waals surface area contributed by atoms with Crippen molar-refractivity contribution in [3.05, 3.63) is 53.6 Å². The first-order chi connectivity index (χ1) is 8.62. The number of rotatable bonds is 3. The van der Waals surface area contributed by atoms with E-state index >= 15 is 0 Å². The maximum atomic E-state index is 11.4. The Labute approximate surface area is 107 Å². The summed E-state index contributed by atoms with van der Waals surface area (Å²) in [6.45, 7) is 1.90. The highest BCUT2D eigenvalue weighted by Gasteiger charge is 2.33. The Morgan fingerprint density at radius 1 is 1.11 bits per heavy atom. The number of methoxy groups -OCH3 is 2. The lowest BCUT2D eigenvalue weighted by Crippen LogP contribution is -2.30. The van der Waals surface area contributed by atoms with Gasteiger partial charge in [-0.25, -0.2) is 0 Å². The van der Waals surface area contributed by atoms with E-state index in [2.05, 4.69) is 0 Å². The summed E-state index contributed by atoms with van der Waals surface area (Å²) >= 11 is 0. The first-order valence-corrected chi connectivity index (χ1v) is 5.74. The summed E-state index contributed by atoms with van der Waals surface area (Å²) in [4.78, 5) is 11.4. The van der Waals surface area contributed by atoms with Gasteiger partial charge in [0.1, 0.15) is 11.4 Å². The predicted octanol–water partition coefficient (Wildman–Crippen LogP) is 2.62. The number of ether oxygens (including phenoxy) is 2. The van der Waals surface area contributed by atoms with E-state index in [0.717, 1.165) is 16.9 Å². The summed E-state index contributed by atoms with van der Waals surface area (Å²) in [6.07, 6.45) is 4.95. The normalized spacial score (nSPS) is 22.8. The Morgan fingerprint density at radius 3 is 2.28 bits per heavy atom. The Morgan fingerprint density at radius 2 is 1.78 bits per heavy atom. The second-order valence-corrected chi connectivity index (χ2v) is 4.23. The van der Waals surface area contributed by atoms with Gasteiger partial charge < -0.3 is 9.47 Å². The number of benzene rings is 1. The molecule has 0 aliphatic heterocycles. The van der Waals surface area contributed by atoms with Gasteiger partial charge in [-0.05, 0) is 48.4 Å². The van der Waals surface area contributed by atoms with Gasteiger partial charge in [-0.1, -0.05) is 12.1 Å². The molecule has 0 fully saturated rings. The highest BCUT2D eigenvalue weighted by molar-refractivity contribution is 6.01. The minimum atomic E-state index is -0.653. The average molecular weight is 244 g/mol. The maximum absolute atomic E-state index is 11.4. The van der Waals surface area contributed by atoms with Gasteiger partial charge >= 0.3 is 0 Å². The molecule has 0 bridgehead atoms. The van der Waals surface area contributed by atoms with Crippen molar-refractivity contribution in [2.75, 3.05) is 14.2 Å². The lowest BCUT2D eigenvalue weighted by molar-refractivity contribution is -0.111. The molecule has 1 unspecified atom stereocenters. The van der Waals surface area contributed by atoms with E-state index in [1.165, 1.54) is 0 Å². The van der Waals surface area contributed by atoms with Gasteiger partial charge in [-0.3, -0.25) is 4.79 Å². The molecule has 0 spiro atoms. The highest BCUT2D eigenvalue weighted by atomic mass is 16.5. The molecule has 1 aromatic carbocycles. The molecule has 0 radical (unpaired) electrons. The van der Waals surface area contributed by atoms with Crippen LogP contribution in [0.15, 0.2) is 48.1 Å². The monoisotopic (exact) mass is 244 g/mol. The zero-order chi connectivity index (χ0) is 13.2. The molecular weight excluding hydrogens is 228 g/mol. The summed E-state index contributed by atoms with van der Waals surface area (Å²) in [5.41, 5.74) is 1.20. The average Bonchev–Trinajstić information content (AvgIpc) is 2.40. The molecule has 3 heteroatoms. The van der Waals surface area contributed by atoms with E-state index in [0.29, 0.717) is 0 Å². The molecule has 2 rings (SSSR count). The zero-order valence-electron chi connectivity index (χ0n) is 10.8. The SMILES string of the molecule is COc1ccc(C2(OC)C=CC(=O)C=C2C)cc1. The summed E-state index contributed by atoms with van der Waals surface area (Å²) in [7, 11) is 3.27. The van der Waals surface area contributed by atoms with Gasteiger partial charge in [-0.2, -0.15) is 0 Å². The van der Waals surface area contributed by atoms with Crippen LogP contribution in [-0.4, -0.2) is 20.0 Å². The van der Waals surface area contributed by atoms with Crippen LogP contribution < -0.4 is 4.74 Å². The first kappa shape index (κ1) is 12.6. The molecule has 0 saturated carbocycles. The van der Waals surface area contributed by atoms with E-state index in [1.54, 1.807) is 32.4 Å². The fraction of sp³-hybridized carbons (Fsp3) is 0.267. The van der Waals surface area contributed by atoms with Crippen molar-refractivity contribution in [1.82, 2.24) is 0 Å². The maximum Gasteiger partial charge on any atom is 0.178 e. The van der Waals surface area contributed by atoms with Crippen LogP contribution in [0.3, 0.4) is 0 Å². The van der Waals surface area contributed by atoms with Gasteiger partial charge in [0.05, 0.1) is 7.11 Å². The van der Waals surface area contributed by atoms with E-state index < -0.39 is 5.60 Å². The van der Waals surface area contributed by atoms with E-state index in [9.17, 15) is 4.79 Å². The number of allylic oxidation sites excluding steroid dienone is 2. The van der Waals surface area contributed by atoms with Gasteiger partial charge in [0.25, 0.3) is 0 Å². The van der Waals surface area contributed by atoms with E-state index in [4.69, 9.17) is 9.47 Å². The van der Waals surface area contributed by atoms with E-state index in [-0.39, 0.29) is 5.78 Å². The van der Waals surface area contributed by atoms with Crippen LogP contribution >= 0.6 is 0 Å². The lowest BCUT2D eigenvalue weighted by Gasteiger charge is -2.32. The summed E-state index contributed by atoms with van der Waals surface area (Å²) in [5, 5.41) is 0. The quantitative estimate of drug-likeness (QED) is 0.820. The molecule has 1 atom stereocenters. The van der Waals surface area contributed by atoms with Gasteiger partial charge in [0, 0.05) is 7.11 Å².